The minimum absolute atomic E-state index is 0.0349. The number of nitrogens with one attached hydrogen (secondary N) is 1. The molecule has 158 valence electrons. The van der Waals surface area contributed by atoms with Crippen molar-refractivity contribution < 1.29 is 9.53 Å². The van der Waals surface area contributed by atoms with Gasteiger partial charge in [0, 0.05) is 24.1 Å². The highest BCUT2D eigenvalue weighted by atomic mass is 32.2. The van der Waals surface area contributed by atoms with E-state index in [2.05, 4.69) is 15.5 Å². The maximum atomic E-state index is 12.7. The smallest absolute Gasteiger partial charge is 0.233 e. The van der Waals surface area contributed by atoms with Crippen LogP contribution in [0.4, 0.5) is 0 Å². The molecule has 1 saturated heterocycles. The van der Waals surface area contributed by atoms with E-state index < -0.39 is 0 Å². The molecule has 0 unspecified atom stereocenters. The molecule has 0 bridgehead atoms. The van der Waals surface area contributed by atoms with Gasteiger partial charge in [0.05, 0.1) is 16.9 Å². The van der Waals surface area contributed by atoms with Gasteiger partial charge < -0.3 is 10.1 Å². The Balaban J connectivity index is 1.49. The normalized spacial score (nSPS) is 17.3. The zero-order valence-corrected chi connectivity index (χ0v) is 18.0. The highest BCUT2D eigenvalue weighted by Crippen LogP contribution is 2.30. The number of thioether (sulfide) groups is 1. The zero-order chi connectivity index (χ0) is 21.2. The molecule has 4 aromatic rings. The number of ether oxygens (including phenoxy) is 1. The molecule has 0 aliphatic carbocycles. The van der Waals surface area contributed by atoms with Crippen LogP contribution in [0.15, 0.2) is 59.8 Å². The molecule has 3 heterocycles. The van der Waals surface area contributed by atoms with E-state index in [1.54, 1.807) is 0 Å². The number of aromatic nitrogens is 4. The van der Waals surface area contributed by atoms with Crippen LogP contribution >= 0.6 is 11.8 Å². The van der Waals surface area contributed by atoms with E-state index in [1.165, 1.54) is 11.8 Å². The van der Waals surface area contributed by atoms with Gasteiger partial charge in [-0.25, -0.2) is 4.98 Å². The van der Waals surface area contributed by atoms with Gasteiger partial charge in [0.15, 0.2) is 10.8 Å². The van der Waals surface area contributed by atoms with Crippen LogP contribution in [0.2, 0.25) is 0 Å². The molecule has 2 aromatic carbocycles. The van der Waals surface area contributed by atoms with Crippen molar-refractivity contribution in [3.63, 3.8) is 0 Å². The maximum Gasteiger partial charge on any atom is 0.233 e. The fourth-order valence-corrected chi connectivity index (χ4v) is 4.66. The van der Waals surface area contributed by atoms with Gasteiger partial charge in [-0.15, -0.1) is 10.2 Å². The van der Waals surface area contributed by atoms with E-state index in [-0.39, 0.29) is 17.3 Å². The lowest BCUT2D eigenvalue weighted by molar-refractivity contribution is -0.120. The Morgan fingerprint density at radius 2 is 2.00 bits per heavy atom. The summed E-state index contributed by atoms with van der Waals surface area (Å²) in [6.07, 6.45) is 2.17. The highest BCUT2D eigenvalue weighted by molar-refractivity contribution is 8.00. The number of carbonyl (C=O) groups excluding carboxylic acids is 1. The summed E-state index contributed by atoms with van der Waals surface area (Å²) < 4.78 is 7.55. The van der Waals surface area contributed by atoms with E-state index in [0.717, 1.165) is 47.4 Å². The van der Waals surface area contributed by atoms with Crippen LogP contribution in [0.5, 0.6) is 0 Å². The van der Waals surface area contributed by atoms with Gasteiger partial charge >= 0.3 is 0 Å². The summed E-state index contributed by atoms with van der Waals surface area (Å²) in [6.45, 7) is 3.21. The van der Waals surface area contributed by atoms with Gasteiger partial charge in [-0.3, -0.25) is 9.20 Å². The molecule has 0 saturated carbocycles. The topological polar surface area (TPSA) is 81.4 Å². The Morgan fingerprint density at radius 3 is 2.81 bits per heavy atom. The van der Waals surface area contributed by atoms with E-state index in [0.29, 0.717) is 11.7 Å². The van der Waals surface area contributed by atoms with E-state index in [4.69, 9.17) is 9.72 Å². The number of nitrogens with zero attached hydrogens (tertiary/aromatic N) is 4. The van der Waals surface area contributed by atoms with Crippen molar-refractivity contribution in [1.82, 2.24) is 24.9 Å². The van der Waals surface area contributed by atoms with Crippen LogP contribution in [0.3, 0.4) is 0 Å². The first-order valence-electron chi connectivity index (χ1n) is 10.5. The first kappa shape index (κ1) is 20.0. The predicted octanol–water partition coefficient (Wildman–Crippen LogP) is 3.72. The maximum absolute atomic E-state index is 12.7. The Hall–Kier alpha value is -2.97. The summed E-state index contributed by atoms with van der Waals surface area (Å²) in [4.78, 5) is 17.6. The van der Waals surface area contributed by atoms with Crippen molar-refractivity contribution in [2.75, 3.05) is 13.2 Å². The summed E-state index contributed by atoms with van der Waals surface area (Å²) in [5.74, 6) is 0.723. The standard InChI is InChI=1S/C23H23N5O2S/c1-15(22(29)24-14-17-10-7-13-30-17)31-23-27-26-21-18-11-5-6-12-19(18)25-20(28(21)23)16-8-3-2-4-9-16/h2-6,8-9,11-12,15,17H,7,10,13-14H2,1H3,(H,24,29)/t15-,17-/m1/s1. The Labute approximate surface area is 184 Å². The first-order valence-corrected chi connectivity index (χ1v) is 11.3. The van der Waals surface area contributed by atoms with Crippen molar-refractivity contribution in [3.8, 4) is 11.4 Å². The minimum atomic E-state index is -0.330. The third-order valence-corrected chi connectivity index (χ3v) is 6.47. The van der Waals surface area contributed by atoms with Gasteiger partial charge in [-0.2, -0.15) is 0 Å². The van der Waals surface area contributed by atoms with Crippen LogP contribution in [-0.4, -0.2) is 50.0 Å². The highest BCUT2D eigenvalue weighted by Gasteiger charge is 2.23. The summed E-state index contributed by atoms with van der Waals surface area (Å²) in [6, 6.07) is 17.9. The van der Waals surface area contributed by atoms with Crippen LogP contribution in [-0.2, 0) is 9.53 Å². The Bertz CT molecular complexity index is 1220. The molecule has 1 fully saturated rings. The monoisotopic (exact) mass is 433 g/mol. The second-order valence-electron chi connectivity index (χ2n) is 7.60. The van der Waals surface area contributed by atoms with Crippen molar-refractivity contribution in [1.29, 1.82) is 0 Å². The summed E-state index contributed by atoms with van der Waals surface area (Å²) >= 11 is 1.38. The molecule has 2 aromatic heterocycles. The van der Waals surface area contributed by atoms with Gasteiger partial charge in [0.25, 0.3) is 0 Å². The van der Waals surface area contributed by atoms with Crippen molar-refractivity contribution in [2.24, 2.45) is 0 Å². The number of rotatable bonds is 6. The molecule has 1 amide bonds. The number of para-hydroxylation sites is 1. The van der Waals surface area contributed by atoms with Crippen LogP contribution in [0.25, 0.3) is 27.9 Å². The molecule has 0 radical (unpaired) electrons. The van der Waals surface area contributed by atoms with Gasteiger partial charge in [0.1, 0.15) is 5.82 Å². The molecular weight excluding hydrogens is 410 g/mol. The van der Waals surface area contributed by atoms with Crippen molar-refractivity contribution >= 4 is 34.2 Å². The second-order valence-corrected chi connectivity index (χ2v) is 8.91. The minimum Gasteiger partial charge on any atom is -0.376 e. The average molecular weight is 434 g/mol. The lowest BCUT2D eigenvalue weighted by Gasteiger charge is -2.15. The molecule has 1 aliphatic rings. The van der Waals surface area contributed by atoms with Crippen LogP contribution < -0.4 is 5.32 Å². The second kappa shape index (κ2) is 8.64. The lowest BCUT2D eigenvalue weighted by Crippen LogP contribution is -2.36. The number of carbonyl (C=O) groups is 1. The van der Waals surface area contributed by atoms with Crippen LogP contribution in [0, 0.1) is 0 Å². The quantitative estimate of drug-likeness (QED) is 0.467. The first-order chi connectivity index (χ1) is 15.2. The molecule has 1 N–H and O–H groups in total. The molecular formula is C23H23N5O2S. The number of hydrogen-bond donors (Lipinski definition) is 1. The van der Waals surface area contributed by atoms with Gasteiger partial charge in [-0.1, -0.05) is 54.2 Å². The third-order valence-electron chi connectivity index (χ3n) is 5.43. The van der Waals surface area contributed by atoms with Gasteiger partial charge in [-0.05, 0) is 31.9 Å². The molecule has 7 nitrogen and oxygen atoms in total. The largest absolute Gasteiger partial charge is 0.376 e. The van der Waals surface area contributed by atoms with E-state index >= 15 is 0 Å². The lowest BCUT2D eigenvalue weighted by atomic mass is 10.2. The van der Waals surface area contributed by atoms with Crippen molar-refractivity contribution in [3.05, 3.63) is 54.6 Å². The Morgan fingerprint density at radius 1 is 1.19 bits per heavy atom. The molecule has 8 heteroatoms. The number of benzene rings is 2. The molecule has 5 rings (SSSR count). The van der Waals surface area contributed by atoms with E-state index in [9.17, 15) is 4.79 Å². The molecule has 0 spiro atoms. The van der Waals surface area contributed by atoms with Crippen molar-refractivity contribution in [2.45, 2.75) is 36.3 Å². The van der Waals surface area contributed by atoms with E-state index in [1.807, 2.05) is 65.9 Å². The molecule has 1 aliphatic heterocycles. The fraction of sp³-hybridized carbons (Fsp3) is 0.304. The van der Waals surface area contributed by atoms with Gasteiger partial charge in [0.2, 0.25) is 5.91 Å². The third kappa shape index (κ3) is 4.00. The summed E-state index contributed by atoms with van der Waals surface area (Å²) in [7, 11) is 0. The molecule has 31 heavy (non-hydrogen) atoms. The fourth-order valence-electron chi connectivity index (χ4n) is 3.79. The molecule has 2 atom stereocenters. The average Bonchev–Trinajstić information content (AvgIpc) is 3.48. The number of amides is 1. The SMILES string of the molecule is C[C@@H](Sc1nnc2c3ccccc3nc(-c3ccccc3)n12)C(=O)NC[C@H]1CCCO1. The van der Waals surface area contributed by atoms with Crippen LogP contribution in [0.1, 0.15) is 19.8 Å². The number of fused-ring (bicyclic) bond motifs is 3. The zero-order valence-electron chi connectivity index (χ0n) is 17.2. The Kier molecular flexibility index (Phi) is 5.57. The summed E-state index contributed by atoms with van der Waals surface area (Å²) in [5, 5.41) is 13.1. The number of hydrogen-bond acceptors (Lipinski definition) is 6. The predicted molar refractivity (Wildman–Crippen MR) is 121 cm³/mol. The summed E-state index contributed by atoms with van der Waals surface area (Å²) in [5.41, 5.74) is 2.56.